The van der Waals surface area contributed by atoms with Gasteiger partial charge in [0.15, 0.2) is 0 Å². The molecule has 8 heteroatoms. The highest BCUT2D eigenvalue weighted by Crippen LogP contribution is 2.34. The van der Waals surface area contributed by atoms with Crippen LogP contribution in [0.1, 0.15) is 24.8 Å². The van der Waals surface area contributed by atoms with Gasteiger partial charge in [-0.1, -0.05) is 17.7 Å². The highest BCUT2D eigenvalue weighted by molar-refractivity contribution is 8.18. The maximum Gasteiger partial charge on any atom is 0.294 e. The third-order valence-corrected chi connectivity index (χ3v) is 5.39. The average molecular weight is 383 g/mol. The van der Waals surface area contributed by atoms with Crippen molar-refractivity contribution in [1.29, 1.82) is 0 Å². The Morgan fingerprint density at radius 3 is 2.64 bits per heavy atom. The second-order valence-corrected chi connectivity index (χ2v) is 7.25. The average Bonchev–Trinajstić information content (AvgIpc) is 2.86. The highest BCUT2D eigenvalue weighted by atomic mass is 35.5. The molecule has 0 aromatic heterocycles. The van der Waals surface area contributed by atoms with Crippen molar-refractivity contribution in [2.75, 3.05) is 19.6 Å². The van der Waals surface area contributed by atoms with Crippen LogP contribution in [0.5, 0.6) is 0 Å². The molecule has 1 aromatic carbocycles. The lowest BCUT2D eigenvalue weighted by atomic mass is 10.1. The summed E-state index contributed by atoms with van der Waals surface area (Å²) in [5, 5.41) is -0.384. The number of piperidine rings is 1. The summed E-state index contributed by atoms with van der Waals surface area (Å²) in [7, 11) is 0. The van der Waals surface area contributed by atoms with Gasteiger partial charge in [-0.15, -0.1) is 0 Å². The van der Waals surface area contributed by atoms with Gasteiger partial charge in [-0.3, -0.25) is 19.3 Å². The summed E-state index contributed by atoms with van der Waals surface area (Å²) in [5.41, 5.74) is 0.0528. The summed E-state index contributed by atoms with van der Waals surface area (Å²) in [6, 6.07) is 4.18. The maximum absolute atomic E-state index is 13.9. The number of imide groups is 1. The van der Waals surface area contributed by atoms with Crippen LogP contribution in [0.4, 0.5) is 9.18 Å². The van der Waals surface area contributed by atoms with Crippen molar-refractivity contribution in [1.82, 2.24) is 9.80 Å². The van der Waals surface area contributed by atoms with Gasteiger partial charge in [0.05, 0.1) is 9.93 Å². The number of rotatable bonds is 3. The molecule has 1 aromatic rings. The van der Waals surface area contributed by atoms with Crippen LogP contribution in [0.25, 0.3) is 6.08 Å². The molecule has 2 aliphatic heterocycles. The Bertz CT molecular complexity index is 742. The van der Waals surface area contributed by atoms with E-state index in [2.05, 4.69) is 0 Å². The summed E-state index contributed by atoms with van der Waals surface area (Å²) in [6.07, 6.45) is 4.20. The largest absolute Gasteiger partial charge is 0.341 e. The van der Waals surface area contributed by atoms with Crippen LogP contribution in [0.2, 0.25) is 5.02 Å². The topological polar surface area (TPSA) is 57.7 Å². The molecule has 0 bridgehead atoms. The normalized spacial score (nSPS) is 19.8. The van der Waals surface area contributed by atoms with E-state index in [0.29, 0.717) is 24.9 Å². The minimum atomic E-state index is -0.598. The lowest BCUT2D eigenvalue weighted by molar-refractivity contribution is -0.136. The lowest BCUT2D eigenvalue weighted by Gasteiger charge is -2.27. The van der Waals surface area contributed by atoms with E-state index in [9.17, 15) is 18.8 Å². The highest BCUT2D eigenvalue weighted by Gasteiger charge is 2.37. The third kappa shape index (κ3) is 3.88. The number of amides is 3. The molecule has 0 unspecified atom stereocenters. The fraction of sp³-hybridized carbons (Fsp3) is 0.353. The van der Waals surface area contributed by atoms with E-state index in [0.717, 1.165) is 24.2 Å². The van der Waals surface area contributed by atoms with Crippen LogP contribution in [-0.2, 0) is 9.59 Å². The van der Waals surface area contributed by atoms with Gasteiger partial charge < -0.3 is 4.90 Å². The zero-order valence-corrected chi connectivity index (χ0v) is 14.9. The van der Waals surface area contributed by atoms with Crippen molar-refractivity contribution in [3.8, 4) is 0 Å². The lowest BCUT2D eigenvalue weighted by Crippen LogP contribution is -2.44. The van der Waals surface area contributed by atoms with Crippen LogP contribution >= 0.6 is 23.4 Å². The van der Waals surface area contributed by atoms with Gasteiger partial charge in [0.2, 0.25) is 5.91 Å². The number of nitrogens with zero attached hydrogens (tertiary/aromatic N) is 2. The number of hydrogen-bond acceptors (Lipinski definition) is 4. The quantitative estimate of drug-likeness (QED) is 0.750. The Morgan fingerprint density at radius 1 is 1.24 bits per heavy atom. The molecule has 2 aliphatic rings. The zero-order valence-electron chi connectivity index (χ0n) is 13.3. The van der Waals surface area contributed by atoms with E-state index in [4.69, 9.17) is 11.6 Å². The van der Waals surface area contributed by atoms with Crippen molar-refractivity contribution >= 4 is 46.5 Å². The first-order valence-corrected chi connectivity index (χ1v) is 9.14. The Morgan fingerprint density at radius 2 is 1.96 bits per heavy atom. The van der Waals surface area contributed by atoms with Crippen molar-refractivity contribution in [2.45, 2.75) is 19.3 Å². The molecule has 132 valence electrons. The van der Waals surface area contributed by atoms with Crippen molar-refractivity contribution in [2.24, 2.45) is 0 Å². The summed E-state index contributed by atoms with van der Waals surface area (Å²) < 4.78 is 13.9. The van der Waals surface area contributed by atoms with Crippen LogP contribution in [0.3, 0.4) is 0 Å². The molecule has 2 saturated heterocycles. The first-order chi connectivity index (χ1) is 12.0. The molecule has 5 nitrogen and oxygen atoms in total. The Kier molecular flexibility index (Phi) is 5.44. The molecule has 25 heavy (non-hydrogen) atoms. The first kappa shape index (κ1) is 17.9. The molecule has 2 fully saturated rings. The maximum atomic E-state index is 13.9. The molecule has 3 amide bonds. The van der Waals surface area contributed by atoms with E-state index in [1.165, 1.54) is 24.3 Å². The summed E-state index contributed by atoms with van der Waals surface area (Å²) >= 11 is 6.64. The predicted octanol–water partition coefficient (Wildman–Crippen LogP) is 3.53. The summed E-state index contributed by atoms with van der Waals surface area (Å²) in [5.74, 6) is -1.42. The van der Waals surface area contributed by atoms with Crippen molar-refractivity contribution in [3.05, 3.63) is 39.5 Å². The fourth-order valence-corrected chi connectivity index (χ4v) is 3.83. The van der Waals surface area contributed by atoms with Crippen LogP contribution in [-0.4, -0.2) is 46.5 Å². The second-order valence-electron chi connectivity index (χ2n) is 5.84. The molecular formula is C17H16ClFN2O3S. The smallest absolute Gasteiger partial charge is 0.294 e. The van der Waals surface area contributed by atoms with Crippen LogP contribution in [0.15, 0.2) is 23.1 Å². The molecule has 0 radical (unpaired) electrons. The van der Waals surface area contributed by atoms with Gasteiger partial charge in [-0.05, 0) is 49.2 Å². The molecular weight excluding hydrogens is 367 g/mol. The van der Waals surface area contributed by atoms with Gasteiger partial charge in [-0.25, -0.2) is 4.39 Å². The number of benzene rings is 1. The molecule has 0 aliphatic carbocycles. The van der Waals surface area contributed by atoms with Crippen molar-refractivity contribution < 1.29 is 18.8 Å². The number of carbonyl (C=O) groups is 3. The van der Waals surface area contributed by atoms with Gasteiger partial charge >= 0.3 is 0 Å². The van der Waals surface area contributed by atoms with Crippen LogP contribution < -0.4 is 0 Å². The number of halogens is 2. The summed E-state index contributed by atoms with van der Waals surface area (Å²) in [6.45, 7) is 1.01. The molecule has 0 N–H and O–H groups in total. The number of likely N-dealkylation sites (tertiary alicyclic amines) is 1. The zero-order chi connectivity index (χ0) is 18.0. The Hall–Kier alpha value is -1.86. The van der Waals surface area contributed by atoms with E-state index in [1.807, 2.05) is 0 Å². The van der Waals surface area contributed by atoms with Gasteiger partial charge in [0.25, 0.3) is 11.1 Å². The Labute approximate surface area is 153 Å². The SMILES string of the molecule is O=C(CN1C(=O)S/C(=C\c2c(F)cccc2Cl)C1=O)N1CCCCC1. The van der Waals surface area contributed by atoms with Crippen molar-refractivity contribution in [3.63, 3.8) is 0 Å². The molecule has 0 spiro atoms. The number of thioether (sulfide) groups is 1. The molecule has 0 saturated carbocycles. The van der Waals surface area contributed by atoms with Gasteiger partial charge in [0, 0.05) is 18.7 Å². The van der Waals surface area contributed by atoms with Crippen LogP contribution in [0, 0.1) is 5.82 Å². The van der Waals surface area contributed by atoms with E-state index in [-0.39, 0.29) is 27.9 Å². The first-order valence-electron chi connectivity index (χ1n) is 7.94. The van der Waals surface area contributed by atoms with Gasteiger partial charge in [0.1, 0.15) is 12.4 Å². The summed E-state index contributed by atoms with van der Waals surface area (Å²) in [4.78, 5) is 39.5. The van der Waals surface area contributed by atoms with E-state index < -0.39 is 17.0 Å². The van der Waals surface area contributed by atoms with E-state index >= 15 is 0 Å². The third-order valence-electron chi connectivity index (χ3n) is 4.15. The predicted molar refractivity (Wildman–Crippen MR) is 94.5 cm³/mol. The minimum Gasteiger partial charge on any atom is -0.341 e. The monoisotopic (exact) mass is 382 g/mol. The molecule has 2 heterocycles. The minimum absolute atomic E-state index is 0.0528. The number of hydrogen-bond donors (Lipinski definition) is 0. The molecule has 0 atom stereocenters. The Balaban J connectivity index is 1.76. The van der Waals surface area contributed by atoms with Gasteiger partial charge in [-0.2, -0.15) is 0 Å². The second kappa shape index (κ2) is 7.58. The standard InChI is InChI=1S/C17H16ClFN2O3S/c18-12-5-4-6-13(19)11(12)9-14-16(23)21(17(24)25-14)10-15(22)20-7-2-1-3-8-20/h4-6,9H,1-3,7-8,10H2/b14-9-. The van der Waals surface area contributed by atoms with E-state index in [1.54, 1.807) is 4.90 Å². The fourth-order valence-electron chi connectivity index (χ4n) is 2.79. The molecule has 3 rings (SSSR count). The number of carbonyl (C=O) groups excluding carboxylic acids is 3.